The number of nitrogens with zero attached hydrogens (tertiary/aromatic N) is 5. The van der Waals surface area contributed by atoms with Crippen LogP contribution in [0.4, 0.5) is 5.69 Å². The molecule has 0 atom stereocenters. The Bertz CT molecular complexity index is 1070. The van der Waals surface area contributed by atoms with Crippen molar-refractivity contribution in [3.63, 3.8) is 0 Å². The molecule has 1 aromatic heterocycles. The van der Waals surface area contributed by atoms with Gasteiger partial charge in [-0.25, -0.2) is 8.42 Å². The van der Waals surface area contributed by atoms with E-state index < -0.39 is 10.0 Å². The first-order valence-corrected chi connectivity index (χ1v) is 13.3. The molecule has 3 heterocycles. The van der Waals surface area contributed by atoms with Crippen molar-refractivity contribution in [2.24, 2.45) is 5.92 Å². The standard InChI is InChI=1S/C24H35N5O3S/c1-19-9-12-28(13-10-19)33(31,32)24-20(2)25-29(21(24)3)14-11-23(30)27-17-15-26(16-18-27)22-7-5-4-6-8-22/h4-8,19H,9-18H2,1-3H3. The molecule has 0 aliphatic carbocycles. The summed E-state index contributed by atoms with van der Waals surface area (Å²) in [5.41, 5.74) is 2.31. The van der Waals surface area contributed by atoms with Crippen LogP contribution in [-0.2, 0) is 21.4 Å². The fourth-order valence-electron chi connectivity index (χ4n) is 4.84. The Morgan fingerprint density at radius 2 is 1.64 bits per heavy atom. The van der Waals surface area contributed by atoms with Crippen LogP contribution in [0.5, 0.6) is 0 Å². The molecule has 2 aliphatic heterocycles. The Morgan fingerprint density at radius 3 is 2.27 bits per heavy atom. The Hall–Kier alpha value is -2.39. The molecule has 0 unspecified atom stereocenters. The minimum absolute atomic E-state index is 0.0877. The lowest BCUT2D eigenvalue weighted by atomic mass is 10.0. The average Bonchev–Trinajstić information content (AvgIpc) is 3.12. The van der Waals surface area contributed by atoms with E-state index in [0.29, 0.717) is 61.3 Å². The lowest BCUT2D eigenvalue weighted by Crippen LogP contribution is -2.49. The Labute approximate surface area is 197 Å². The van der Waals surface area contributed by atoms with Crippen molar-refractivity contribution < 1.29 is 13.2 Å². The molecule has 2 aromatic rings. The number of carbonyl (C=O) groups excluding carboxylic acids is 1. The summed E-state index contributed by atoms with van der Waals surface area (Å²) in [5, 5.41) is 4.49. The van der Waals surface area contributed by atoms with Crippen molar-refractivity contribution >= 4 is 21.6 Å². The van der Waals surface area contributed by atoms with Crippen molar-refractivity contribution in [1.29, 1.82) is 0 Å². The molecule has 8 nitrogen and oxygen atoms in total. The molecule has 0 spiro atoms. The van der Waals surface area contributed by atoms with Crippen molar-refractivity contribution in [2.75, 3.05) is 44.2 Å². The van der Waals surface area contributed by atoms with Gasteiger partial charge in [0.25, 0.3) is 0 Å². The van der Waals surface area contributed by atoms with Gasteiger partial charge >= 0.3 is 0 Å². The molecule has 0 radical (unpaired) electrons. The zero-order valence-corrected chi connectivity index (χ0v) is 20.7. The van der Waals surface area contributed by atoms with E-state index in [2.05, 4.69) is 29.1 Å². The number of para-hydroxylation sites is 1. The monoisotopic (exact) mass is 473 g/mol. The lowest BCUT2D eigenvalue weighted by molar-refractivity contribution is -0.131. The summed E-state index contributed by atoms with van der Waals surface area (Å²) in [4.78, 5) is 17.3. The van der Waals surface area contributed by atoms with Crippen LogP contribution in [-0.4, -0.2) is 72.6 Å². The van der Waals surface area contributed by atoms with Gasteiger partial charge in [0.2, 0.25) is 15.9 Å². The molecule has 1 amide bonds. The fraction of sp³-hybridized carbons (Fsp3) is 0.583. The zero-order chi connectivity index (χ0) is 23.6. The van der Waals surface area contributed by atoms with E-state index in [-0.39, 0.29) is 5.91 Å². The molecule has 0 bridgehead atoms. The van der Waals surface area contributed by atoms with Crippen LogP contribution in [0.25, 0.3) is 0 Å². The third-order valence-electron chi connectivity index (χ3n) is 6.95. The van der Waals surface area contributed by atoms with Crippen LogP contribution in [0, 0.1) is 19.8 Å². The third-order valence-corrected chi connectivity index (χ3v) is 9.10. The van der Waals surface area contributed by atoms with Crippen LogP contribution in [0.1, 0.15) is 37.6 Å². The molecule has 0 N–H and O–H groups in total. The maximum Gasteiger partial charge on any atom is 0.246 e. The number of aryl methyl sites for hydroxylation is 2. The highest BCUT2D eigenvalue weighted by molar-refractivity contribution is 7.89. The molecule has 2 fully saturated rings. The van der Waals surface area contributed by atoms with Gasteiger partial charge in [-0.3, -0.25) is 9.48 Å². The van der Waals surface area contributed by atoms with Crippen LogP contribution in [0.2, 0.25) is 0 Å². The van der Waals surface area contributed by atoms with Gasteiger partial charge in [0, 0.05) is 51.4 Å². The van der Waals surface area contributed by atoms with E-state index in [1.807, 2.05) is 23.1 Å². The topological polar surface area (TPSA) is 78.8 Å². The summed E-state index contributed by atoms with van der Waals surface area (Å²) >= 11 is 0. The van der Waals surface area contributed by atoms with Crippen LogP contribution >= 0.6 is 0 Å². The predicted molar refractivity (Wildman–Crippen MR) is 129 cm³/mol. The molecule has 9 heteroatoms. The third kappa shape index (κ3) is 5.09. The van der Waals surface area contributed by atoms with Gasteiger partial charge in [0.15, 0.2) is 0 Å². The van der Waals surface area contributed by atoms with E-state index in [9.17, 15) is 13.2 Å². The lowest BCUT2D eigenvalue weighted by Gasteiger charge is -2.36. The predicted octanol–water partition coefficient (Wildman–Crippen LogP) is 2.66. The van der Waals surface area contributed by atoms with Gasteiger partial charge in [-0.15, -0.1) is 0 Å². The maximum atomic E-state index is 13.3. The second-order valence-corrected chi connectivity index (χ2v) is 11.1. The summed E-state index contributed by atoms with van der Waals surface area (Å²) < 4.78 is 29.8. The first-order valence-electron chi connectivity index (χ1n) is 11.9. The second-order valence-electron chi connectivity index (χ2n) is 9.26. The van der Waals surface area contributed by atoms with E-state index in [1.54, 1.807) is 22.8 Å². The minimum atomic E-state index is -3.57. The Morgan fingerprint density at radius 1 is 1.00 bits per heavy atom. The molecular weight excluding hydrogens is 438 g/mol. The summed E-state index contributed by atoms with van der Waals surface area (Å²) in [5.74, 6) is 0.645. The van der Waals surface area contributed by atoms with E-state index in [4.69, 9.17) is 0 Å². The normalized spacial score (nSPS) is 18.6. The Kier molecular flexibility index (Phi) is 7.09. The van der Waals surface area contributed by atoms with E-state index in [1.165, 1.54) is 5.69 Å². The van der Waals surface area contributed by atoms with Gasteiger partial charge in [-0.2, -0.15) is 9.40 Å². The highest BCUT2D eigenvalue weighted by Gasteiger charge is 2.33. The molecule has 33 heavy (non-hydrogen) atoms. The number of sulfonamides is 1. The zero-order valence-electron chi connectivity index (χ0n) is 19.9. The van der Waals surface area contributed by atoms with Crippen molar-refractivity contribution in [3.8, 4) is 0 Å². The second kappa shape index (κ2) is 9.85. The smallest absolute Gasteiger partial charge is 0.246 e. The number of hydrogen-bond donors (Lipinski definition) is 0. The van der Waals surface area contributed by atoms with Crippen molar-refractivity contribution in [3.05, 3.63) is 41.7 Å². The number of aromatic nitrogens is 2. The number of carbonyl (C=O) groups is 1. The van der Waals surface area contributed by atoms with E-state index >= 15 is 0 Å². The number of benzene rings is 1. The van der Waals surface area contributed by atoms with Crippen LogP contribution < -0.4 is 4.90 Å². The Balaban J connectivity index is 1.36. The molecule has 2 saturated heterocycles. The SMILES string of the molecule is Cc1nn(CCC(=O)N2CCN(c3ccccc3)CC2)c(C)c1S(=O)(=O)N1CCC(C)CC1. The molecule has 1 aromatic carbocycles. The number of rotatable bonds is 6. The minimum Gasteiger partial charge on any atom is -0.368 e. The summed E-state index contributed by atoms with van der Waals surface area (Å²) in [6.45, 7) is 10.2. The van der Waals surface area contributed by atoms with Crippen LogP contribution in [0.3, 0.4) is 0 Å². The molecule has 180 valence electrons. The highest BCUT2D eigenvalue weighted by Crippen LogP contribution is 2.27. The maximum absolute atomic E-state index is 13.3. The van der Waals surface area contributed by atoms with Gasteiger partial charge in [-0.05, 0) is 44.7 Å². The molecular formula is C24H35N5O3S. The average molecular weight is 474 g/mol. The highest BCUT2D eigenvalue weighted by atomic mass is 32.2. The number of piperazine rings is 1. The van der Waals surface area contributed by atoms with Crippen molar-refractivity contribution in [1.82, 2.24) is 19.0 Å². The van der Waals surface area contributed by atoms with E-state index in [0.717, 1.165) is 25.9 Å². The van der Waals surface area contributed by atoms with Gasteiger partial charge in [0.05, 0.1) is 17.9 Å². The van der Waals surface area contributed by atoms with Gasteiger partial charge in [0.1, 0.15) is 4.90 Å². The molecule has 0 saturated carbocycles. The number of hydrogen-bond acceptors (Lipinski definition) is 5. The first kappa shape index (κ1) is 23.8. The molecule has 2 aliphatic rings. The summed E-state index contributed by atoms with van der Waals surface area (Å²) in [6, 6.07) is 10.3. The fourth-order valence-corrected chi connectivity index (χ4v) is 6.68. The largest absolute Gasteiger partial charge is 0.368 e. The number of amides is 1. The number of piperidine rings is 1. The first-order chi connectivity index (χ1) is 15.8. The molecule has 4 rings (SSSR count). The van der Waals surface area contributed by atoms with Gasteiger partial charge < -0.3 is 9.80 Å². The van der Waals surface area contributed by atoms with Crippen molar-refractivity contribution in [2.45, 2.75) is 51.5 Å². The quantitative estimate of drug-likeness (QED) is 0.645. The summed E-state index contributed by atoms with van der Waals surface area (Å²) in [6.07, 6.45) is 2.09. The van der Waals surface area contributed by atoms with Gasteiger partial charge in [-0.1, -0.05) is 25.1 Å². The number of anilines is 1. The van der Waals surface area contributed by atoms with Crippen LogP contribution in [0.15, 0.2) is 35.2 Å². The summed E-state index contributed by atoms with van der Waals surface area (Å²) in [7, 11) is -3.57.